The molecule has 0 saturated carbocycles. The van der Waals surface area contributed by atoms with Gasteiger partial charge in [0.1, 0.15) is 6.17 Å². The third kappa shape index (κ3) is 4.96. The van der Waals surface area contributed by atoms with Gasteiger partial charge in [-0.15, -0.1) is 0 Å². The number of aryl methyl sites for hydroxylation is 2. The molecule has 178 valence electrons. The first-order valence-electron chi connectivity index (χ1n) is 11.2. The van der Waals surface area contributed by atoms with E-state index in [1.165, 1.54) is 17.1 Å². The average Bonchev–Trinajstić information content (AvgIpc) is 3.43. The molecule has 34 heavy (non-hydrogen) atoms. The topological polar surface area (TPSA) is 133 Å². The number of nitrogens with two attached hydrogens (primary N) is 2. The molecule has 3 aromatic rings. The van der Waals surface area contributed by atoms with Crippen LogP contribution in [0.15, 0.2) is 30.7 Å². The van der Waals surface area contributed by atoms with Crippen molar-refractivity contribution in [3.8, 4) is 17.1 Å². The van der Waals surface area contributed by atoms with E-state index in [1.807, 2.05) is 26.0 Å². The number of likely N-dealkylation sites (tertiary alicyclic amines) is 1. The fourth-order valence-electron chi connectivity index (χ4n) is 4.39. The zero-order chi connectivity index (χ0) is 24.4. The van der Waals surface area contributed by atoms with Crippen molar-refractivity contribution in [1.82, 2.24) is 24.6 Å². The molecule has 1 saturated heterocycles. The number of alkyl halides is 1. The van der Waals surface area contributed by atoms with Gasteiger partial charge < -0.3 is 16.4 Å². The van der Waals surface area contributed by atoms with Crippen LogP contribution in [-0.4, -0.2) is 62.1 Å². The minimum Gasteiger partial charge on any atom is -0.381 e. The zero-order valence-corrected chi connectivity index (χ0v) is 19.3. The number of primary amides is 1. The number of halogens is 1. The number of amides is 1. The fraction of sp³-hybridized carbons (Fsp3) is 0.375. The maximum Gasteiger partial charge on any atom is 0.251 e. The highest BCUT2D eigenvalue weighted by Crippen LogP contribution is 2.27. The molecule has 1 aliphatic heterocycles. The molecule has 0 bridgehead atoms. The van der Waals surface area contributed by atoms with Gasteiger partial charge in [0, 0.05) is 36.8 Å². The first kappa shape index (κ1) is 23.5. The number of benzene rings is 1. The highest BCUT2D eigenvalue weighted by atomic mass is 19.1. The first-order valence-corrected chi connectivity index (χ1v) is 11.2. The second-order valence-corrected chi connectivity index (χ2v) is 8.70. The van der Waals surface area contributed by atoms with Crippen molar-refractivity contribution in [2.24, 2.45) is 5.73 Å². The largest absolute Gasteiger partial charge is 0.381 e. The van der Waals surface area contributed by atoms with Gasteiger partial charge in [-0.2, -0.15) is 5.10 Å². The van der Waals surface area contributed by atoms with Crippen LogP contribution in [0.5, 0.6) is 0 Å². The maximum absolute atomic E-state index is 13.3. The molecule has 0 aliphatic carbocycles. The lowest BCUT2D eigenvalue weighted by molar-refractivity contribution is 0.0972. The van der Waals surface area contributed by atoms with Crippen molar-refractivity contribution < 1.29 is 14.0 Å². The number of aromatic nitrogens is 4. The van der Waals surface area contributed by atoms with Gasteiger partial charge in [0.15, 0.2) is 17.4 Å². The van der Waals surface area contributed by atoms with Crippen LogP contribution in [-0.2, 0) is 0 Å². The molecule has 1 amide bonds. The van der Waals surface area contributed by atoms with Crippen LogP contribution in [0.4, 0.5) is 10.2 Å². The molecule has 1 aromatic carbocycles. The molecule has 2 aromatic heterocycles. The Bertz CT molecular complexity index is 1220. The Balaban J connectivity index is 1.53. The highest BCUT2D eigenvalue weighted by molar-refractivity contribution is 5.99. The molecule has 3 heterocycles. The summed E-state index contributed by atoms with van der Waals surface area (Å²) in [7, 11) is 0. The molecule has 0 unspecified atom stereocenters. The molecule has 4 N–H and O–H groups in total. The lowest BCUT2D eigenvalue weighted by atomic mass is 9.93. The van der Waals surface area contributed by atoms with E-state index in [0.717, 1.165) is 29.8 Å². The minimum absolute atomic E-state index is 0.0807. The van der Waals surface area contributed by atoms with E-state index in [9.17, 15) is 14.0 Å². The molecule has 10 heteroatoms. The first-order chi connectivity index (χ1) is 16.2. The van der Waals surface area contributed by atoms with Crippen LogP contribution in [0.1, 0.15) is 51.1 Å². The van der Waals surface area contributed by atoms with Crippen molar-refractivity contribution in [3.05, 3.63) is 53.0 Å². The van der Waals surface area contributed by atoms with E-state index >= 15 is 0 Å². The van der Waals surface area contributed by atoms with Crippen LogP contribution in [0.2, 0.25) is 0 Å². The summed E-state index contributed by atoms with van der Waals surface area (Å²) < 4.78 is 14.7. The summed E-state index contributed by atoms with van der Waals surface area (Å²) in [6.07, 6.45) is 5.29. The lowest BCUT2D eigenvalue weighted by Crippen LogP contribution is -2.23. The van der Waals surface area contributed by atoms with Crippen LogP contribution < -0.4 is 11.5 Å². The number of carbonyl (C=O) groups excluding carboxylic acids is 2. The second-order valence-electron chi connectivity index (χ2n) is 8.70. The zero-order valence-electron chi connectivity index (χ0n) is 19.3. The summed E-state index contributed by atoms with van der Waals surface area (Å²) in [5.74, 6) is -0.0947. The summed E-state index contributed by atoms with van der Waals surface area (Å²) in [6, 6.07) is 3.80. The molecule has 0 radical (unpaired) electrons. The highest BCUT2D eigenvalue weighted by Gasteiger charge is 2.22. The van der Waals surface area contributed by atoms with E-state index < -0.39 is 12.1 Å². The van der Waals surface area contributed by atoms with Gasteiger partial charge in [-0.3, -0.25) is 9.59 Å². The van der Waals surface area contributed by atoms with Crippen molar-refractivity contribution >= 4 is 17.5 Å². The number of rotatable bonds is 8. The van der Waals surface area contributed by atoms with Crippen molar-refractivity contribution in [2.45, 2.75) is 39.3 Å². The monoisotopic (exact) mass is 465 g/mol. The average molecular weight is 466 g/mol. The second kappa shape index (κ2) is 9.68. The number of anilines is 1. The number of nitrogens with zero attached hydrogens (tertiary/aromatic N) is 5. The standard InChI is InChI=1S/C24H28FN7O2/c1-14-8-16(9-15(2)21(14)20(33)4-3-6-31-7-5-18(25)13-31)19-11-28-22(26)24(30-19)32-12-17(10-29-32)23(27)34/h8-12,18H,3-7,13H2,1-2H3,(H2,26,28)(H2,27,34)/t18-/m1/s1. The number of nitrogen functional groups attached to an aromatic ring is 1. The molecule has 1 fully saturated rings. The van der Waals surface area contributed by atoms with Gasteiger partial charge in [0.05, 0.1) is 23.7 Å². The smallest absolute Gasteiger partial charge is 0.251 e. The normalized spacial score (nSPS) is 16.1. The Morgan fingerprint density at radius 1 is 1.21 bits per heavy atom. The Labute approximate surface area is 197 Å². The number of carbonyl (C=O) groups is 2. The molecule has 9 nitrogen and oxygen atoms in total. The van der Waals surface area contributed by atoms with Crippen LogP contribution in [0.25, 0.3) is 17.1 Å². The third-order valence-corrected chi connectivity index (χ3v) is 6.07. The number of hydrogen-bond donors (Lipinski definition) is 2. The number of Topliss-reactive ketones (excluding diaryl/α,β-unsaturated/α-hetero) is 1. The van der Waals surface area contributed by atoms with Crippen molar-refractivity contribution in [2.75, 3.05) is 25.4 Å². The van der Waals surface area contributed by atoms with Gasteiger partial charge >= 0.3 is 0 Å². The van der Waals surface area contributed by atoms with E-state index in [1.54, 1.807) is 6.20 Å². The predicted octanol–water partition coefficient (Wildman–Crippen LogP) is 2.63. The van der Waals surface area contributed by atoms with Gasteiger partial charge in [-0.05, 0) is 56.5 Å². The van der Waals surface area contributed by atoms with Gasteiger partial charge in [0.25, 0.3) is 5.91 Å². The van der Waals surface area contributed by atoms with E-state index in [0.29, 0.717) is 37.1 Å². The van der Waals surface area contributed by atoms with E-state index in [2.05, 4.69) is 20.0 Å². The van der Waals surface area contributed by atoms with Crippen LogP contribution in [0.3, 0.4) is 0 Å². The summed E-state index contributed by atoms with van der Waals surface area (Å²) in [5, 5.41) is 4.10. The Morgan fingerprint density at radius 3 is 2.56 bits per heavy atom. The summed E-state index contributed by atoms with van der Waals surface area (Å²) in [6.45, 7) is 5.76. The molecular weight excluding hydrogens is 437 g/mol. The summed E-state index contributed by atoms with van der Waals surface area (Å²) in [4.78, 5) is 35.2. The Kier molecular flexibility index (Phi) is 6.69. The molecule has 0 spiro atoms. The van der Waals surface area contributed by atoms with E-state index in [4.69, 9.17) is 11.5 Å². The van der Waals surface area contributed by atoms with Crippen molar-refractivity contribution in [3.63, 3.8) is 0 Å². The maximum atomic E-state index is 13.3. The van der Waals surface area contributed by atoms with E-state index in [-0.39, 0.29) is 23.0 Å². The van der Waals surface area contributed by atoms with Crippen molar-refractivity contribution in [1.29, 1.82) is 0 Å². The Morgan fingerprint density at radius 2 is 1.94 bits per heavy atom. The van der Waals surface area contributed by atoms with Gasteiger partial charge in [-0.1, -0.05) is 0 Å². The van der Waals surface area contributed by atoms with Crippen LogP contribution in [0, 0.1) is 13.8 Å². The van der Waals surface area contributed by atoms with Gasteiger partial charge in [-0.25, -0.2) is 19.0 Å². The fourth-order valence-corrected chi connectivity index (χ4v) is 4.39. The summed E-state index contributed by atoms with van der Waals surface area (Å²) in [5.41, 5.74) is 15.3. The summed E-state index contributed by atoms with van der Waals surface area (Å²) >= 11 is 0. The predicted molar refractivity (Wildman–Crippen MR) is 127 cm³/mol. The molecule has 4 rings (SSSR count). The lowest BCUT2D eigenvalue weighted by Gasteiger charge is -2.15. The SMILES string of the molecule is Cc1cc(-c2cnc(N)c(-n3cc(C(N)=O)cn3)n2)cc(C)c1C(=O)CCCN1CC[C@@H](F)C1. The minimum atomic E-state index is -0.747. The number of ketones is 1. The molecule has 1 atom stereocenters. The third-order valence-electron chi connectivity index (χ3n) is 6.07. The van der Waals surface area contributed by atoms with Gasteiger partial charge in [0.2, 0.25) is 0 Å². The Hall–Kier alpha value is -3.66. The molecule has 1 aliphatic rings. The quantitative estimate of drug-likeness (QED) is 0.489. The van der Waals surface area contributed by atoms with Crippen LogP contribution >= 0.6 is 0 Å². The number of hydrogen-bond acceptors (Lipinski definition) is 7. The molecular formula is C24H28FN7O2.